The van der Waals surface area contributed by atoms with Crippen molar-refractivity contribution in [1.82, 2.24) is 0 Å². The van der Waals surface area contributed by atoms with Gasteiger partial charge in [0.2, 0.25) is 0 Å². The van der Waals surface area contributed by atoms with Gasteiger partial charge < -0.3 is 32.6 Å². The largest absolute Gasteiger partial charge is 0.413 e. The first kappa shape index (κ1) is 42.1. The van der Waals surface area contributed by atoms with E-state index in [-0.39, 0.29) is 35.0 Å². The van der Waals surface area contributed by atoms with Crippen LogP contribution < -0.4 is 0 Å². The molecule has 9 heteroatoms. The van der Waals surface area contributed by atoms with Crippen molar-refractivity contribution >= 4 is 22.9 Å². The lowest BCUT2D eigenvalue weighted by molar-refractivity contribution is -0.163. The zero-order chi connectivity index (χ0) is 35.1. The molecule has 0 aromatic heterocycles. The van der Waals surface area contributed by atoms with Crippen LogP contribution in [0, 0.1) is 5.92 Å². The minimum atomic E-state index is -2.08. The van der Waals surface area contributed by atoms with Gasteiger partial charge in [-0.2, -0.15) is 0 Å². The standard InChI is InChI=1S/C36H68O7Si2/c1-27(24-32-36(12,25-37)43-35(10,11)41-32)23-30(42-45(16,17)34(7,8)9)19-18-20-31(39-26-38-13)29(3)28(2)21-22-40-44(14,15)33(4,5)6/h18,20-21,25,29-32H,1,19,22-24,26H2,2-17H3/b20-18+,28-21-/t29-,30+,31+,32-,36-/m1/s1. The fraction of sp³-hybridized carbons (Fsp3) is 0.806. The van der Waals surface area contributed by atoms with Crippen molar-refractivity contribution in [3.63, 3.8) is 0 Å². The molecule has 0 bridgehead atoms. The molecule has 0 radical (unpaired) electrons. The topological polar surface area (TPSA) is 72.5 Å². The summed E-state index contributed by atoms with van der Waals surface area (Å²) >= 11 is 0. The van der Waals surface area contributed by atoms with E-state index in [9.17, 15) is 4.79 Å². The minimum absolute atomic E-state index is 0.0613. The molecule has 0 unspecified atom stereocenters. The Bertz CT molecular complexity index is 1020. The summed E-state index contributed by atoms with van der Waals surface area (Å²) in [7, 11) is -2.26. The van der Waals surface area contributed by atoms with Gasteiger partial charge in [0.25, 0.3) is 0 Å². The molecule has 0 spiro atoms. The van der Waals surface area contributed by atoms with Crippen LogP contribution in [0.3, 0.4) is 0 Å². The number of carbonyl (C=O) groups is 1. The Balaban J connectivity index is 3.12. The van der Waals surface area contributed by atoms with Gasteiger partial charge in [0.1, 0.15) is 12.9 Å². The molecule has 1 rings (SSSR count). The van der Waals surface area contributed by atoms with Crippen molar-refractivity contribution in [3.05, 3.63) is 36.0 Å². The van der Waals surface area contributed by atoms with Crippen molar-refractivity contribution in [2.45, 2.75) is 161 Å². The second-order valence-electron chi connectivity index (χ2n) is 16.6. The highest BCUT2D eigenvalue weighted by Crippen LogP contribution is 2.41. The van der Waals surface area contributed by atoms with Crippen LogP contribution in [0.15, 0.2) is 36.0 Å². The predicted octanol–water partition coefficient (Wildman–Crippen LogP) is 9.36. The molecule has 1 aliphatic heterocycles. The lowest BCUT2D eigenvalue weighted by Crippen LogP contribution is -2.44. The summed E-state index contributed by atoms with van der Waals surface area (Å²) in [4.78, 5) is 12.0. The molecule has 0 N–H and O–H groups in total. The van der Waals surface area contributed by atoms with Crippen LogP contribution in [0.2, 0.25) is 36.3 Å². The zero-order valence-electron chi connectivity index (χ0n) is 31.7. The van der Waals surface area contributed by atoms with Gasteiger partial charge >= 0.3 is 0 Å². The molecule has 45 heavy (non-hydrogen) atoms. The third-order valence-corrected chi connectivity index (χ3v) is 19.0. The highest BCUT2D eigenvalue weighted by atomic mass is 28.4. The van der Waals surface area contributed by atoms with E-state index in [4.69, 9.17) is 27.8 Å². The molecule has 1 heterocycles. The summed E-state index contributed by atoms with van der Waals surface area (Å²) in [5, 5.41) is 0.232. The lowest BCUT2D eigenvalue weighted by atomic mass is 9.92. The number of carbonyl (C=O) groups excluding carboxylic acids is 1. The maximum absolute atomic E-state index is 12.0. The highest BCUT2D eigenvalue weighted by Gasteiger charge is 2.50. The average Bonchev–Trinajstić information content (AvgIpc) is 3.11. The molecule has 1 fully saturated rings. The number of hydrogen-bond acceptors (Lipinski definition) is 7. The Morgan fingerprint density at radius 3 is 2.11 bits per heavy atom. The zero-order valence-corrected chi connectivity index (χ0v) is 33.7. The van der Waals surface area contributed by atoms with E-state index in [1.165, 1.54) is 5.57 Å². The fourth-order valence-electron chi connectivity index (χ4n) is 4.78. The van der Waals surface area contributed by atoms with Gasteiger partial charge in [-0.05, 0) is 83.2 Å². The molecule has 0 amide bonds. The van der Waals surface area contributed by atoms with Crippen molar-refractivity contribution in [1.29, 1.82) is 0 Å². The average molecular weight is 669 g/mol. The van der Waals surface area contributed by atoms with Crippen LogP contribution in [-0.2, 0) is 32.6 Å². The molecule has 1 aliphatic rings. The van der Waals surface area contributed by atoms with Crippen LogP contribution in [0.5, 0.6) is 0 Å². The van der Waals surface area contributed by atoms with E-state index in [0.717, 1.165) is 11.9 Å². The van der Waals surface area contributed by atoms with Crippen LogP contribution in [0.25, 0.3) is 0 Å². The molecule has 0 aromatic rings. The Kier molecular flexibility index (Phi) is 15.4. The molecule has 262 valence electrons. The van der Waals surface area contributed by atoms with E-state index in [1.807, 2.05) is 13.8 Å². The number of methoxy groups -OCH3 is 1. The first-order chi connectivity index (χ1) is 20.3. The first-order valence-electron chi connectivity index (χ1n) is 16.6. The smallest absolute Gasteiger partial charge is 0.192 e. The van der Waals surface area contributed by atoms with Gasteiger partial charge in [-0.15, -0.1) is 0 Å². The summed E-state index contributed by atoms with van der Waals surface area (Å²) in [6.07, 6.45) is 8.63. The molecule has 0 aromatic carbocycles. The van der Waals surface area contributed by atoms with Crippen molar-refractivity contribution < 1.29 is 32.6 Å². The predicted molar refractivity (Wildman–Crippen MR) is 192 cm³/mol. The normalized spacial score (nSPS) is 23.7. The molecule has 7 nitrogen and oxygen atoms in total. The van der Waals surface area contributed by atoms with Crippen molar-refractivity contribution in [2.75, 3.05) is 20.5 Å². The van der Waals surface area contributed by atoms with E-state index in [1.54, 1.807) is 14.0 Å². The Morgan fingerprint density at radius 2 is 1.60 bits per heavy atom. The summed E-state index contributed by atoms with van der Waals surface area (Å²) in [5.41, 5.74) is 1.19. The van der Waals surface area contributed by atoms with Gasteiger partial charge in [0, 0.05) is 13.0 Å². The third-order valence-electron chi connectivity index (χ3n) is 9.99. The van der Waals surface area contributed by atoms with Gasteiger partial charge in [-0.1, -0.05) is 84.4 Å². The van der Waals surface area contributed by atoms with Crippen LogP contribution >= 0.6 is 0 Å². The third kappa shape index (κ3) is 12.9. The SMILES string of the molecule is C=C(C[C@H](C/C=C/[C@H](OCOC)[C@H](C)/C(C)=C\CO[Si](C)(C)C(C)(C)C)O[Si](C)(C)C(C)(C)C)C[C@H]1OC(C)(C)O[C@]1(C)C=O. The van der Waals surface area contributed by atoms with Gasteiger partial charge in [-0.3, -0.25) is 0 Å². The fourth-order valence-corrected chi connectivity index (χ4v) is 7.08. The molecule has 5 atom stereocenters. The molecule has 0 aliphatic carbocycles. The van der Waals surface area contributed by atoms with Gasteiger partial charge in [-0.25, -0.2) is 0 Å². The number of rotatable bonds is 18. The minimum Gasteiger partial charge on any atom is -0.413 e. The highest BCUT2D eigenvalue weighted by molar-refractivity contribution is 6.74. The summed E-state index contributed by atoms with van der Waals surface area (Å²) in [6, 6.07) is 0. The van der Waals surface area contributed by atoms with Gasteiger partial charge in [0.15, 0.2) is 34.3 Å². The summed E-state index contributed by atoms with van der Waals surface area (Å²) < 4.78 is 36.8. The molecule has 1 saturated heterocycles. The first-order valence-corrected chi connectivity index (χ1v) is 22.4. The van der Waals surface area contributed by atoms with E-state index in [2.05, 4.69) is 106 Å². The maximum atomic E-state index is 12.0. The molecule has 0 saturated carbocycles. The van der Waals surface area contributed by atoms with Crippen molar-refractivity contribution in [2.24, 2.45) is 5.92 Å². The number of aldehydes is 1. The van der Waals surface area contributed by atoms with Crippen LogP contribution in [-0.4, -0.2) is 73.1 Å². The lowest BCUT2D eigenvalue weighted by Gasteiger charge is -2.39. The van der Waals surface area contributed by atoms with Gasteiger partial charge in [0.05, 0.1) is 18.8 Å². The molecular formula is C36H68O7Si2. The van der Waals surface area contributed by atoms with E-state index in [0.29, 0.717) is 25.9 Å². The quantitative estimate of drug-likeness (QED) is 0.0624. The number of hydrogen-bond donors (Lipinski definition) is 0. The van der Waals surface area contributed by atoms with Crippen LogP contribution in [0.1, 0.15) is 95.4 Å². The van der Waals surface area contributed by atoms with Crippen molar-refractivity contribution in [3.8, 4) is 0 Å². The Morgan fingerprint density at radius 1 is 1.02 bits per heavy atom. The second kappa shape index (κ2) is 16.5. The van der Waals surface area contributed by atoms with Crippen LogP contribution in [0.4, 0.5) is 0 Å². The molecular weight excluding hydrogens is 601 g/mol. The number of ether oxygens (including phenoxy) is 4. The Labute approximate surface area is 278 Å². The maximum Gasteiger partial charge on any atom is 0.192 e. The van der Waals surface area contributed by atoms with E-state index < -0.39 is 34.1 Å². The van der Waals surface area contributed by atoms with E-state index >= 15 is 0 Å². The summed E-state index contributed by atoms with van der Waals surface area (Å²) in [5.74, 6) is -0.685. The second-order valence-corrected chi connectivity index (χ2v) is 26.1. The monoisotopic (exact) mass is 668 g/mol. The Hall–Kier alpha value is -0.916. The summed E-state index contributed by atoms with van der Waals surface area (Å²) in [6.45, 7) is 37.7.